The predicted molar refractivity (Wildman–Crippen MR) is 140 cm³/mol. The molecule has 0 radical (unpaired) electrons. The van der Waals surface area contributed by atoms with Gasteiger partial charge in [0.1, 0.15) is 11.0 Å². The molecule has 3 aromatic heterocycles. The molecule has 0 bridgehead atoms. The van der Waals surface area contributed by atoms with E-state index in [4.69, 9.17) is 0 Å². The Labute approximate surface area is 207 Å². The van der Waals surface area contributed by atoms with E-state index in [0.29, 0.717) is 11.0 Å². The van der Waals surface area contributed by atoms with Gasteiger partial charge >= 0.3 is 0 Å². The molecule has 0 fully saturated rings. The zero-order valence-corrected chi connectivity index (χ0v) is 21.7. The Hall–Kier alpha value is -1.70. The second-order valence-electron chi connectivity index (χ2n) is 8.51. The highest BCUT2D eigenvalue weighted by molar-refractivity contribution is 7.14. The van der Waals surface area contributed by atoms with Crippen molar-refractivity contribution in [2.45, 2.75) is 78.1 Å². The normalized spacial score (nSPS) is 11.6. The van der Waals surface area contributed by atoms with Crippen molar-refractivity contribution in [1.82, 2.24) is 8.75 Å². The van der Waals surface area contributed by atoms with Gasteiger partial charge in [-0.05, 0) is 59.7 Å². The number of fused-ring (bicyclic) bond motifs is 1. The lowest BCUT2D eigenvalue weighted by Crippen LogP contribution is -1.98. The number of hydrogen-bond acceptors (Lipinski definition) is 5. The summed E-state index contributed by atoms with van der Waals surface area (Å²) in [5, 5.41) is 3.93. The minimum absolute atomic E-state index is 0.279. The smallest absolute Gasteiger partial charge is 0.170 e. The Morgan fingerprint density at radius 1 is 0.667 bits per heavy atom. The van der Waals surface area contributed by atoms with Gasteiger partial charge in [0.25, 0.3) is 0 Å². The zero-order valence-electron chi connectivity index (χ0n) is 19.3. The summed E-state index contributed by atoms with van der Waals surface area (Å²) in [5.41, 5.74) is 3.67. The van der Waals surface area contributed by atoms with Crippen LogP contribution in [0, 0.1) is 11.6 Å². The maximum atomic E-state index is 15.7. The summed E-state index contributed by atoms with van der Waals surface area (Å²) in [6.45, 7) is 4.37. The molecule has 0 saturated heterocycles. The number of unbranched alkanes of at least 4 members (excludes halogenated alkanes) is 6. The molecule has 0 aliphatic heterocycles. The van der Waals surface area contributed by atoms with Crippen LogP contribution in [0.5, 0.6) is 0 Å². The molecule has 0 aliphatic rings. The molecule has 0 atom stereocenters. The summed E-state index contributed by atoms with van der Waals surface area (Å²) in [7, 11) is 0. The summed E-state index contributed by atoms with van der Waals surface area (Å²) in [6.07, 6.45) is 10.9. The Kier molecular flexibility index (Phi) is 8.61. The van der Waals surface area contributed by atoms with Crippen LogP contribution < -0.4 is 0 Å². The zero-order chi connectivity index (χ0) is 23.2. The maximum Gasteiger partial charge on any atom is 0.170 e. The Bertz CT molecular complexity index is 1100. The fourth-order valence-corrected chi connectivity index (χ4v) is 6.89. The van der Waals surface area contributed by atoms with Gasteiger partial charge < -0.3 is 0 Å². The molecule has 0 unspecified atom stereocenters. The van der Waals surface area contributed by atoms with Crippen LogP contribution in [0.1, 0.15) is 76.3 Å². The van der Waals surface area contributed by atoms with E-state index in [1.54, 1.807) is 0 Å². The fraction of sp³-hybridized carbons (Fsp3) is 0.462. The number of benzene rings is 1. The number of hydrogen-bond donors (Lipinski definition) is 0. The van der Waals surface area contributed by atoms with Crippen molar-refractivity contribution in [3.05, 3.63) is 45.7 Å². The number of nitrogens with zero attached hydrogens (tertiary/aromatic N) is 2. The van der Waals surface area contributed by atoms with Gasteiger partial charge in [-0.3, -0.25) is 0 Å². The Morgan fingerprint density at radius 2 is 1.12 bits per heavy atom. The average Bonchev–Trinajstić information content (AvgIpc) is 3.57. The molecule has 7 heteroatoms. The van der Waals surface area contributed by atoms with E-state index in [2.05, 4.69) is 22.6 Å². The molecule has 4 aromatic rings. The average molecular weight is 505 g/mol. The fourth-order valence-electron chi connectivity index (χ4n) is 4.35. The third-order valence-corrected chi connectivity index (χ3v) is 8.62. The van der Waals surface area contributed by atoms with Crippen molar-refractivity contribution in [3.8, 4) is 20.9 Å². The molecule has 33 heavy (non-hydrogen) atoms. The van der Waals surface area contributed by atoms with Crippen LogP contribution in [-0.4, -0.2) is 8.75 Å². The Morgan fingerprint density at radius 3 is 1.55 bits per heavy atom. The quantitative estimate of drug-likeness (QED) is 0.179. The molecule has 4 rings (SSSR count). The van der Waals surface area contributed by atoms with E-state index in [1.807, 2.05) is 22.9 Å². The molecule has 0 N–H and O–H groups in total. The second-order valence-corrected chi connectivity index (χ2v) is 10.9. The number of halogens is 2. The predicted octanol–water partition coefficient (Wildman–Crippen LogP) is 9.67. The van der Waals surface area contributed by atoms with Crippen LogP contribution in [0.3, 0.4) is 0 Å². The lowest BCUT2D eigenvalue weighted by atomic mass is 9.97. The summed E-state index contributed by atoms with van der Waals surface area (Å²) in [5.74, 6) is -1.60. The molecule has 0 aliphatic carbocycles. The van der Waals surface area contributed by atoms with Crippen molar-refractivity contribution < 1.29 is 8.78 Å². The first-order valence-electron chi connectivity index (χ1n) is 11.9. The molecule has 2 nitrogen and oxygen atoms in total. The van der Waals surface area contributed by atoms with E-state index >= 15 is 8.78 Å². The van der Waals surface area contributed by atoms with Gasteiger partial charge in [-0.25, -0.2) is 8.78 Å². The van der Waals surface area contributed by atoms with E-state index in [0.717, 1.165) is 71.1 Å². The number of aromatic nitrogens is 2. The third-order valence-electron chi connectivity index (χ3n) is 6.14. The van der Waals surface area contributed by atoms with Crippen LogP contribution in [-0.2, 0) is 12.8 Å². The highest BCUT2D eigenvalue weighted by Gasteiger charge is 2.28. The van der Waals surface area contributed by atoms with Crippen LogP contribution >= 0.6 is 34.4 Å². The standard InChI is InChI=1S/C26H30F2N2S3/c1-3-5-7-9-11-17-13-15-31-25(17)19-21(27)22(28)20(24-23(19)29-33-30-24)26-18(14-16-32-26)12-10-8-6-4-2/h13-16H,3-12H2,1-2H3. The van der Waals surface area contributed by atoms with Gasteiger partial charge in [-0.1, -0.05) is 52.4 Å². The molecule has 3 heterocycles. The van der Waals surface area contributed by atoms with Gasteiger partial charge in [0.2, 0.25) is 0 Å². The maximum absolute atomic E-state index is 15.7. The number of rotatable bonds is 12. The van der Waals surface area contributed by atoms with Crippen molar-refractivity contribution in [2.24, 2.45) is 0 Å². The van der Waals surface area contributed by atoms with Crippen LogP contribution in [0.4, 0.5) is 8.78 Å². The summed E-state index contributed by atoms with van der Waals surface area (Å²) < 4.78 is 40.3. The Balaban J connectivity index is 1.73. The van der Waals surface area contributed by atoms with Crippen molar-refractivity contribution >= 4 is 45.4 Å². The summed E-state index contributed by atoms with van der Waals surface area (Å²) in [4.78, 5) is 1.58. The van der Waals surface area contributed by atoms with Gasteiger partial charge in [0.15, 0.2) is 11.6 Å². The van der Waals surface area contributed by atoms with E-state index < -0.39 is 11.6 Å². The highest BCUT2D eigenvalue weighted by Crippen LogP contribution is 2.44. The van der Waals surface area contributed by atoms with Crippen molar-refractivity contribution in [3.63, 3.8) is 0 Å². The molecule has 0 saturated carbocycles. The van der Waals surface area contributed by atoms with E-state index in [9.17, 15) is 0 Å². The van der Waals surface area contributed by atoms with E-state index in [-0.39, 0.29) is 11.1 Å². The largest absolute Gasteiger partial charge is 0.203 e. The molecule has 176 valence electrons. The highest BCUT2D eigenvalue weighted by atomic mass is 32.1. The van der Waals surface area contributed by atoms with Crippen LogP contribution in [0.2, 0.25) is 0 Å². The van der Waals surface area contributed by atoms with Gasteiger partial charge in [0, 0.05) is 9.75 Å². The molecular weight excluding hydrogens is 474 g/mol. The topological polar surface area (TPSA) is 25.8 Å². The van der Waals surface area contributed by atoms with Gasteiger partial charge in [-0.15, -0.1) is 22.7 Å². The molecular formula is C26H30F2N2S3. The first-order chi connectivity index (χ1) is 16.2. The monoisotopic (exact) mass is 504 g/mol. The lowest BCUT2D eigenvalue weighted by Gasteiger charge is -2.12. The van der Waals surface area contributed by atoms with Crippen molar-refractivity contribution in [2.75, 3.05) is 0 Å². The summed E-state index contributed by atoms with van der Waals surface area (Å²) >= 11 is 3.95. The molecule has 1 aromatic carbocycles. The number of thiophene rings is 2. The van der Waals surface area contributed by atoms with Crippen LogP contribution in [0.15, 0.2) is 22.9 Å². The number of aryl methyl sites for hydroxylation is 2. The SMILES string of the molecule is CCCCCCc1ccsc1-c1c(F)c(F)c(-c2sccc2CCCCCC)c2nsnc12. The van der Waals surface area contributed by atoms with Gasteiger partial charge in [-0.2, -0.15) is 8.75 Å². The second kappa shape index (κ2) is 11.6. The minimum atomic E-state index is -0.798. The van der Waals surface area contributed by atoms with E-state index in [1.165, 1.54) is 48.4 Å². The van der Waals surface area contributed by atoms with Gasteiger partial charge in [0.05, 0.1) is 22.9 Å². The lowest BCUT2D eigenvalue weighted by molar-refractivity contribution is 0.515. The minimum Gasteiger partial charge on any atom is -0.203 e. The third kappa shape index (κ3) is 5.20. The first kappa shape index (κ1) is 24.4. The first-order valence-corrected chi connectivity index (χ1v) is 14.4. The van der Waals surface area contributed by atoms with Crippen molar-refractivity contribution in [1.29, 1.82) is 0 Å². The van der Waals surface area contributed by atoms with Crippen LogP contribution in [0.25, 0.3) is 31.9 Å². The molecule has 0 spiro atoms. The molecule has 0 amide bonds. The summed E-state index contributed by atoms with van der Waals surface area (Å²) in [6, 6.07) is 4.08.